The van der Waals surface area contributed by atoms with E-state index in [2.05, 4.69) is 10.2 Å². The van der Waals surface area contributed by atoms with E-state index in [0.29, 0.717) is 29.3 Å². The van der Waals surface area contributed by atoms with Gasteiger partial charge in [-0.1, -0.05) is 13.0 Å². The van der Waals surface area contributed by atoms with Crippen molar-refractivity contribution in [1.82, 2.24) is 0 Å². The fraction of sp³-hybridized carbons (Fsp3) is 0.381. The second-order valence-electron chi connectivity index (χ2n) is 6.54. The Labute approximate surface area is 154 Å². The Morgan fingerprint density at radius 2 is 1.96 bits per heavy atom. The number of nitrogens with zero attached hydrogens (tertiary/aromatic N) is 1. The number of carbonyl (C=O) groups is 1. The van der Waals surface area contributed by atoms with Crippen molar-refractivity contribution in [3.63, 3.8) is 0 Å². The minimum atomic E-state index is -0.301. The molecule has 1 heterocycles. The fourth-order valence-electron chi connectivity index (χ4n) is 3.13. The van der Waals surface area contributed by atoms with Crippen LogP contribution in [0.5, 0.6) is 5.75 Å². The molecule has 1 N–H and O–H groups in total. The summed E-state index contributed by atoms with van der Waals surface area (Å²) in [7, 11) is 0. The zero-order chi connectivity index (χ0) is 18.4. The number of rotatable bonds is 6. The predicted octanol–water partition coefficient (Wildman–Crippen LogP) is 4.86. The molecule has 1 aliphatic rings. The molecule has 3 rings (SSSR count). The zero-order valence-corrected chi connectivity index (χ0v) is 15.1. The zero-order valence-electron chi connectivity index (χ0n) is 15.1. The van der Waals surface area contributed by atoms with Gasteiger partial charge in [0.2, 0.25) is 0 Å². The highest BCUT2D eigenvalue weighted by molar-refractivity contribution is 6.04. The summed E-state index contributed by atoms with van der Waals surface area (Å²) in [5.74, 6) is 0.0768. The first-order valence-electron chi connectivity index (χ1n) is 9.26. The maximum atomic E-state index is 14.5. The molecule has 0 saturated carbocycles. The molecule has 5 heteroatoms. The van der Waals surface area contributed by atoms with Crippen LogP contribution in [0.3, 0.4) is 0 Å². The highest BCUT2D eigenvalue weighted by Crippen LogP contribution is 2.26. The summed E-state index contributed by atoms with van der Waals surface area (Å²) in [5.41, 5.74) is 1.55. The lowest BCUT2D eigenvalue weighted by Crippen LogP contribution is -2.30. The molecule has 138 valence electrons. The van der Waals surface area contributed by atoms with Crippen molar-refractivity contribution in [1.29, 1.82) is 0 Å². The van der Waals surface area contributed by atoms with Gasteiger partial charge in [0.1, 0.15) is 11.6 Å². The Hall–Kier alpha value is -2.56. The van der Waals surface area contributed by atoms with E-state index in [1.807, 2.05) is 13.0 Å². The summed E-state index contributed by atoms with van der Waals surface area (Å²) in [6.45, 7) is 4.40. The van der Waals surface area contributed by atoms with Crippen LogP contribution < -0.4 is 15.0 Å². The number of carbonyl (C=O) groups excluding carboxylic acids is 1. The number of hydrogen-bond donors (Lipinski definition) is 1. The smallest absolute Gasteiger partial charge is 0.255 e. The molecule has 1 fully saturated rings. The van der Waals surface area contributed by atoms with Crippen molar-refractivity contribution >= 4 is 17.3 Å². The molecule has 0 atom stereocenters. The van der Waals surface area contributed by atoms with E-state index in [9.17, 15) is 9.18 Å². The Kier molecular flexibility index (Phi) is 6.10. The predicted molar refractivity (Wildman–Crippen MR) is 103 cm³/mol. The number of ether oxygens (including phenoxy) is 1. The quantitative estimate of drug-likeness (QED) is 0.804. The molecule has 4 nitrogen and oxygen atoms in total. The second kappa shape index (κ2) is 8.70. The summed E-state index contributed by atoms with van der Waals surface area (Å²) in [6.07, 6.45) is 4.29. The number of halogens is 1. The van der Waals surface area contributed by atoms with Crippen LogP contribution in [0, 0.1) is 5.82 Å². The molecule has 2 aromatic rings. The van der Waals surface area contributed by atoms with Crippen molar-refractivity contribution in [3.05, 3.63) is 53.8 Å². The van der Waals surface area contributed by atoms with Crippen LogP contribution >= 0.6 is 0 Å². The highest BCUT2D eigenvalue weighted by Gasteiger charge is 2.16. The third kappa shape index (κ3) is 4.54. The Bertz CT molecular complexity index is 757. The fourth-order valence-corrected chi connectivity index (χ4v) is 3.13. The average molecular weight is 356 g/mol. The van der Waals surface area contributed by atoms with Gasteiger partial charge in [0.15, 0.2) is 0 Å². The maximum absolute atomic E-state index is 14.5. The number of piperidine rings is 1. The van der Waals surface area contributed by atoms with Crippen molar-refractivity contribution in [2.75, 3.05) is 29.9 Å². The van der Waals surface area contributed by atoms with Gasteiger partial charge in [-0.15, -0.1) is 0 Å². The third-order valence-corrected chi connectivity index (χ3v) is 4.47. The van der Waals surface area contributed by atoms with Gasteiger partial charge in [-0.3, -0.25) is 4.79 Å². The Morgan fingerprint density at radius 3 is 2.69 bits per heavy atom. The van der Waals surface area contributed by atoms with Gasteiger partial charge >= 0.3 is 0 Å². The summed E-state index contributed by atoms with van der Waals surface area (Å²) in [4.78, 5) is 14.5. The summed E-state index contributed by atoms with van der Waals surface area (Å²) < 4.78 is 20.0. The van der Waals surface area contributed by atoms with Gasteiger partial charge in [-0.05, 0) is 62.1 Å². The second-order valence-corrected chi connectivity index (χ2v) is 6.54. The molecular weight excluding hydrogens is 331 g/mol. The molecule has 2 aromatic carbocycles. The molecule has 1 saturated heterocycles. The van der Waals surface area contributed by atoms with Crippen molar-refractivity contribution in [2.24, 2.45) is 0 Å². The number of benzene rings is 2. The molecule has 0 aliphatic carbocycles. The molecule has 26 heavy (non-hydrogen) atoms. The van der Waals surface area contributed by atoms with Crippen molar-refractivity contribution < 1.29 is 13.9 Å². The number of hydrogen-bond acceptors (Lipinski definition) is 3. The largest absolute Gasteiger partial charge is 0.494 e. The SMILES string of the molecule is CCCOc1cccc(C(=O)Nc2ccc(N3CCCCC3)c(F)c2)c1. The van der Waals surface area contributed by atoms with Crippen LogP contribution in [0.15, 0.2) is 42.5 Å². The van der Waals surface area contributed by atoms with Crippen molar-refractivity contribution in [3.8, 4) is 5.75 Å². The van der Waals surface area contributed by atoms with Crippen LogP contribution in [0.1, 0.15) is 43.0 Å². The molecule has 1 amide bonds. The molecule has 1 aliphatic heterocycles. The van der Waals surface area contributed by atoms with Crippen LogP contribution in [0.4, 0.5) is 15.8 Å². The standard InChI is InChI=1S/C21H25FN2O2/c1-2-13-26-18-8-6-7-16(14-18)21(25)23-17-9-10-20(19(22)15-17)24-11-4-3-5-12-24/h6-10,14-15H,2-5,11-13H2,1H3,(H,23,25). The summed E-state index contributed by atoms with van der Waals surface area (Å²) in [6, 6.07) is 11.9. The molecule has 0 radical (unpaired) electrons. The van der Waals surface area contributed by atoms with Gasteiger partial charge in [0, 0.05) is 24.3 Å². The minimum absolute atomic E-state index is 0.280. The molecular formula is C21H25FN2O2. The Balaban J connectivity index is 1.68. The molecule has 0 bridgehead atoms. The lowest BCUT2D eigenvalue weighted by atomic mass is 10.1. The van der Waals surface area contributed by atoms with E-state index < -0.39 is 0 Å². The normalized spacial score (nSPS) is 14.2. The first-order chi connectivity index (χ1) is 12.7. The van der Waals surface area contributed by atoms with Gasteiger partial charge in [0.25, 0.3) is 5.91 Å². The van der Waals surface area contributed by atoms with Gasteiger partial charge < -0.3 is 15.0 Å². The maximum Gasteiger partial charge on any atom is 0.255 e. The minimum Gasteiger partial charge on any atom is -0.494 e. The average Bonchev–Trinajstić information content (AvgIpc) is 2.67. The van der Waals surface area contributed by atoms with E-state index in [1.54, 1.807) is 30.3 Å². The lowest BCUT2D eigenvalue weighted by Gasteiger charge is -2.29. The van der Waals surface area contributed by atoms with E-state index in [0.717, 1.165) is 32.4 Å². The Morgan fingerprint density at radius 1 is 1.15 bits per heavy atom. The number of amides is 1. The first-order valence-corrected chi connectivity index (χ1v) is 9.26. The van der Waals surface area contributed by atoms with E-state index in [4.69, 9.17) is 4.74 Å². The van der Waals surface area contributed by atoms with Crippen LogP contribution in [0.25, 0.3) is 0 Å². The van der Waals surface area contributed by atoms with E-state index in [-0.39, 0.29) is 11.7 Å². The van der Waals surface area contributed by atoms with Crippen molar-refractivity contribution in [2.45, 2.75) is 32.6 Å². The van der Waals surface area contributed by atoms with Gasteiger partial charge in [-0.25, -0.2) is 4.39 Å². The summed E-state index contributed by atoms with van der Waals surface area (Å²) in [5, 5.41) is 2.76. The van der Waals surface area contributed by atoms with Gasteiger partial charge in [0.05, 0.1) is 12.3 Å². The van der Waals surface area contributed by atoms with E-state index >= 15 is 0 Å². The van der Waals surface area contributed by atoms with Crippen LogP contribution in [-0.4, -0.2) is 25.6 Å². The number of nitrogens with one attached hydrogen (secondary N) is 1. The highest BCUT2D eigenvalue weighted by atomic mass is 19.1. The molecule has 0 spiro atoms. The number of anilines is 2. The summed E-state index contributed by atoms with van der Waals surface area (Å²) >= 11 is 0. The van der Waals surface area contributed by atoms with E-state index in [1.165, 1.54) is 12.5 Å². The topological polar surface area (TPSA) is 41.6 Å². The first kappa shape index (κ1) is 18.2. The third-order valence-electron chi connectivity index (χ3n) is 4.47. The molecule has 0 aromatic heterocycles. The van der Waals surface area contributed by atoms with Crippen LogP contribution in [-0.2, 0) is 0 Å². The van der Waals surface area contributed by atoms with Crippen LogP contribution in [0.2, 0.25) is 0 Å². The monoisotopic (exact) mass is 356 g/mol. The van der Waals surface area contributed by atoms with Gasteiger partial charge in [-0.2, -0.15) is 0 Å². The lowest BCUT2D eigenvalue weighted by molar-refractivity contribution is 0.102. The molecule has 0 unspecified atom stereocenters.